The van der Waals surface area contributed by atoms with Gasteiger partial charge in [0, 0.05) is 12.3 Å². The fourth-order valence-corrected chi connectivity index (χ4v) is 1.35. The molecule has 4 heteroatoms. The molecule has 0 bridgehead atoms. The maximum atomic E-state index is 4.11. The average molecular weight is 139 g/mol. The van der Waals surface area contributed by atoms with Crippen LogP contribution in [0.1, 0.15) is 0 Å². The highest BCUT2D eigenvalue weighted by Gasteiger charge is 2.02. The summed E-state index contributed by atoms with van der Waals surface area (Å²) < 4.78 is 1.82. The lowest BCUT2D eigenvalue weighted by Gasteiger charge is -2.03. The molecule has 0 saturated heterocycles. The molecule has 0 radical (unpaired) electrons. The maximum absolute atomic E-state index is 4.11. The number of aromatic nitrogens is 2. The van der Waals surface area contributed by atoms with Crippen molar-refractivity contribution >= 4 is 24.0 Å². The Labute approximate surface area is 56.9 Å². The van der Waals surface area contributed by atoms with Gasteiger partial charge in [-0.1, -0.05) is 0 Å². The summed E-state index contributed by atoms with van der Waals surface area (Å²) in [5.74, 6) is 1.86. The van der Waals surface area contributed by atoms with Crippen molar-refractivity contribution < 1.29 is 0 Å². The van der Waals surface area contributed by atoms with Gasteiger partial charge >= 0.3 is 0 Å². The van der Waals surface area contributed by atoms with E-state index in [9.17, 15) is 0 Å². The second-order valence-corrected chi connectivity index (χ2v) is 2.61. The van der Waals surface area contributed by atoms with Crippen molar-refractivity contribution in [1.29, 1.82) is 0 Å². The largest absolute Gasteiger partial charge is 0.240 e. The van der Waals surface area contributed by atoms with Gasteiger partial charge in [-0.05, 0) is 11.9 Å². The molecule has 1 aliphatic rings. The number of rotatable bonds is 0. The number of nitrogens with zero attached hydrogens (tertiary/aromatic N) is 3. The standard InChI is InChI=1S/C5H5N3S/c1-2-7-8-5(1)6-3-4-9-8/h1-3H,4H2. The predicted octanol–water partition coefficient (Wildman–Crippen LogP) is 1.10. The van der Waals surface area contributed by atoms with E-state index in [1.165, 1.54) is 0 Å². The Hall–Kier alpha value is -0.770. The van der Waals surface area contributed by atoms with Crippen LogP contribution in [0.2, 0.25) is 0 Å². The zero-order valence-corrected chi connectivity index (χ0v) is 5.51. The van der Waals surface area contributed by atoms with Crippen LogP contribution in [-0.2, 0) is 0 Å². The normalized spacial score (nSPS) is 15.6. The molecule has 0 spiro atoms. The molecule has 3 nitrogen and oxygen atoms in total. The highest BCUT2D eigenvalue weighted by Crippen LogP contribution is 2.19. The third kappa shape index (κ3) is 0.751. The van der Waals surface area contributed by atoms with Gasteiger partial charge in [0.15, 0.2) is 5.82 Å². The fraction of sp³-hybridized carbons (Fsp3) is 0.200. The third-order valence-corrected chi connectivity index (χ3v) is 1.91. The predicted molar refractivity (Wildman–Crippen MR) is 38.2 cm³/mol. The van der Waals surface area contributed by atoms with Gasteiger partial charge in [0.05, 0.1) is 11.9 Å². The first-order valence-corrected chi connectivity index (χ1v) is 3.61. The summed E-state index contributed by atoms with van der Waals surface area (Å²) in [5.41, 5.74) is 0. The Kier molecular flexibility index (Phi) is 1.05. The Morgan fingerprint density at radius 1 is 1.67 bits per heavy atom. The SMILES string of the molecule is C1=Nc2ccnn2SC1. The van der Waals surface area contributed by atoms with Crippen molar-refractivity contribution in [2.24, 2.45) is 4.99 Å². The molecular formula is C5H5N3S. The van der Waals surface area contributed by atoms with Crippen LogP contribution in [0, 0.1) is 0 Å². The average Bonchev–Trinajstić information content (AvgIpc) is 2.33. The molecule has 2 rings (SSSR count). The molecule has 0 saturated carbocycles. The summed E-state index contributed by atoms with van der Waals surface area (Å²) in [4.78, 5) is 4.11. The molecular weight excluding hydrogens is 134 g/mol. The molecule has 1 aromatic rings. The molecule has 1 aliphatic heterocycles. The van der Waals surface area contributed by atoms with Crippen LogP contribution in [-0.4, -0.2) is 21.2 Å². The van der Waals surface area contributed by atoms with E-state index in [0.717, 1.165) is 11.6 Å². The van der Waals surface area contributed by atoms with Gasteiger partial charge in [-0.3, -0.25) is 0 Å². The molecule has 0 aliphatic carbocycles. The van der Waals surface area contributed by atoms with E-state index in [2.05, 4.69) is 10.1 Å². The van der Waals surface area contributed by atoms with Crippen molar-refractivity contribution in [1.82, 2.24) is 9.19 Å². The number of fused-ring (bicyclic) bond motifs is 1. The summed E-state index contributed by atoms with van der Waals surface area (Å²) >= 11 is 1.65. The van der Waals surface area contributed by atoms with Gasteiger partial charge in [-0.15, -0.1) is 0 Å². The lowest BCUT2D eigenvalue weighted by molar-refractivity contribution is 1.00. The molecule has 2 heterocycles. The lowest BCUT2D eigenvalue weighted by Crippen LogP contribution is -1.96. The molecule has 0 amide bonds. The van der Waals surface area contributed by atoms with E-state index in [4.69, 9.17) is 0 Å². The first kappa shape index (κ1) is 5.05. The quantitative estimate of drug-likeness (QED) is 0.538. The van der Waals surface area contributed by atoms with Crippen LogP contribution in [0.25, 0.3) is 0 Å². The Morgan fingerprint density at radius 2 is 2.67 bits per heavy atom. The second kappa shape index (κ2) is 1.88. The van der Waals surface area contributed by atoms with Crippen molar-refractivity contribution in [3.8, 4) is 0 Å². The van der Waals surface area contributed by atoms with Crippen LogP contribution in [0.3, 0.4) is 0 Å². The van der Waals surface area contributed by atoms with Gasteiger partial charge in [-0.2, -0.15) is 9.19 Å². The van der Waals surface area contributed by atoms with E-state index >= 15 is 0 Å². The number of hydrogen-bond acceptors (Lipinski definition) is 3. The van der Waals surface area contributed by atoms with Gasteiger partial charge in [0.25, 0.3) is 0 Å². The molecule has 9 heavy (non-hydrogen) atoms. The highest BCUT2D eigenvalue weighted by molar-refractivity contribution is 7.98. The fourth-order valence-electron chi connectivity index (χ4n) is 0.710. The van der Waals surface area contributed by atoms with Gasteiger partial charge < -0.3 is 0 Å². The third-order valence-electron chi connectivity index (χ3n) is 1.09. The topological polar surface area (TPSA) is 30.2 Å². The molecule has 0 aromatic carbocycles. The summed E-state index contributed by atoms with van der Waals surface area (Å²) in [6.45, 7) is 0. The van der Waals surface area contributed by atoms with Gasteiger partial charge in [0.1, 0.15) is 0 Å². The second-order valence-electron chi connectivity index (χ2n) is 1.67. The first-order valence-electron chi connectivity index (χ1n) is 2.67. The van der Waals surface area contributed by atoms with Crippen molar-refractivity contribution in [2.75, 3.05) is 5.75 Å². The first-order chi connectivity index (χ1) is 4.47. The molecule has 0 fully saturated rings. The van der Waals surface area contributed by atoms with E-state index in [-0.39, 0.29) is 0 Å². The van der Waals surface area contributed by atoms with E-state index < -0.39 is 0 Å². The summed E-state index contributed by atoms with van der Waals surface area (Å²) in [7, 11) is 0. The molecule has 1 aromatic heterocycles. The van der Waals surface area contributed by atoms with Crippen molar-refractivity contribution in [3.63, 3.8) is 0 Å². The van der Waals surface area contributed by atoms with Gasteiger partial charge in [-0.25, -0.2) is 4.99 Å². The Morgan fingerprint density at radius 3 is 3.56 bits per heavy atom. The van der Waals surface area contributed by atoms with Crippen LogP contribution < -0.4 is 0 Å². The molecule has 0 N–H and O–H groups in total. The highest BCUT2D eigenvalue weighted by atomic mass is 32.2. The minimum Gasteiger partial charge on any atom is -0.240 e. The zero-order valence-electron chi connectivity index (χ0n) is 4.69. The Balaban J connectivity index is 2.53. The minimum absolute atomic E-state index is 0.925. The number of hydrogen-bond donors (Lipinski definition) is 0. The van der Waals surface area contributed by atoms with E-state index in [1.807, 2.05) is 16.4 Å². The summed E-state index contributed by atoms with van der Waals surface area (Å²) in [6.07, 6.45) is 3.65. The molecule has 46 valence electrons. The van der Waals surface area contributed by atoms with E-state index in [0.29, 0.717) is 0 Å². The molecule has 0 atom stereocenters. The lowest BCUT2D eigenvalue weighted by atomic mass is 10.6. The minimum atomic E-state index is 0.925. The van der Waals surface area contributed by atoms with Gasteiger partial charge in [0.2, 0.25) is 0 Å². The smallest absolute Gasteiger partial charge is 0.162 e. The van der Waals surface area contributed by atoms with Crippen LogP contribution >= 0.6 is 11.9 Å². The molecule has 0 unspecified atom stereocenters. The summed E-state index contributed by atoms with van der Waals surface area (Å²) in [5, 5.41) is 4.02. The zero-order chi connectivity index (χ0) is 6.10. The maximum Gasteiger partial charge on any atom is 0.162 e. The van der Waals surface area contributed by atoms with Crippen LogP contribution in [0.5, 0.6) is 0 Å². The number of aliphatic imine (C=N–C) groups is 1. The summed E-state index contributed by atoms with van der Waals surface area (Å²) in [6, 6.07) is 1.89. The van der Waals surface area contributed by atoms with Crippen LogP contribution in [0.15, 0.2) is 17.3 Å². The van der Waals surface area contributed by atoms with Crippen molar-refractivity contribution in [2.45, 2.75) is 0 Å². The monoisotopic (exact) mass is 139 g/mol. The Bertz CT molecular complexity index is 240. The van der Waals surface area contributed by atoms with Crippen molar-refractivity contribution in [3.05, 3.63) is 12.3 Å². The van der Waals surface area contributed by atoms with Crippen LogP contribution in [0.4, 0.5) is 5.82 Å². The van der Waals surface area contributed by atoms with E-state index in [1.54, 1.807) is 18.1 Å².